The van der Waals surface area contributed by atoms with Crippen LogP contribution in [0.1, 0.15) is 18.4 Å². The number of carbonyl (C=O) groups is 1. The Hall–Kier alpha value is -2.36. The minimum atomic E-state index is -0.958. The summed E-state index contributed by atoms with van der Waals surface area (Å²) >= 11 is 0. The first-order chi connectivity index (χ1) is 9.77. The number of hydrogen-bond donors (Lipinski definition) is 2. The van der Waals surface area contributed by atoms with Gasteiger partial charge in [0.15, 0.2) is 0 Å². The predicted molar refractivity (Wildman–Crippen MR) is 78.6 cm³/mol. The number of hydrogen-bond acceptors (Lipinski definition) is 2. The molecule has 2 rings (SSSR count). The molecule has 0 aliphatic heterocycles. The first-order valence-electron chi connectivity index (χ1n) is 6.72. The fourth-order valence-electron chi connectivity index (χ4n) is 2.18. The fourth-order valence-corrected chi connectivity index (χ4v) is 2.18. The van der Waals surface area contributed by atoms with Gasteiger partial charge in [0.2, 0.25) is 0 Å². The van der Waals surface area contributed by atoms with E-state index in [1.807, 2.05) is 24.4 Å². The van der Waals surface area contributed by atoms with Crippen molar-refractivity contribution in [2.24, 2.45) is 0 Å². The van der Waals surface area contributed by atoms with Crippen LogP contribution < -0.4 is 5.32 Å². The maximum Gasteiger partial charge on any atom is 0.404 e. The number of nitrogens with zero attached hydrogens (tertiary/aromatic N) is 1. The third-order valence-corrected chi connectivity index (χ3v) is 3.14. The van der Waals surface area contributed by atoms with Gasteiger partial charge in [-0.3, -0.25) is 4.98 Å². The van der Waals surface area contributed by atoms with Crippen LogP contribution in [-0.2, 0) is 6.42 Å². The Kier molecular flexibility index (Phi) is 5.12. The third-order valence-electron chi connectivity index (χ3n) is 3.14. The second-order valence-electron chi connectivity index (χ2n) is 4.59. The van der Waals surface area contributed by atoms with Gasteiger partial charge in [-0.2, -0.15) is 0 Å². The maximum atomic E-state index is 10.4. The van der Waals surface area contributed by atoms with E-state index < -0.39 is 6.09 Å². The Morgan fingerprint density at radius 1 is 1.15 bits per heavy atom. The lowest BCUT2D eigenvalue weighted by Crippen LogP contribution is -2.21. The number of unbranched alkanes of at least 4 members (excludes halogenated alkanes) is 1. The van der Waals surface area contributed by atoms with Crippen LogP contribution in [0.5, 0.6) is 0 Å². The zero-order valence-electron chi connectivity index (χ0n) is 11.2. The molecule has 0 saturated heterocycles. The minimum absolute atomic E-state index is 0.504. The minimum Gasteiger partial charge on any atom is -0.465 e. The summed E-state index contributed by atoms with van der Waals surface area (Å²) in [5.41, 5.74) is 3.59. The van der Waals surface area contributed by atoms with Gasteiger partial charge in [0, 0.05) is 24.5 Å². The molecule has 2 aromatic rings. The molecule has 1 heterocycles. The topological polar surface area (TPSA) is 62.2 Å². The molecule has 0 unspecified atom stereocenters. The van der Waals surface area contributed by atoms with Gasteiger partial charge in [-0.15, -0.1) is 0 Å². The largest absolute Gasteiger partial charge is 0.465 e. The molecule has 0 fully saturated rings. The number of rotatable bonds is 6. The van der Waals surface area contributed by atoms with Crippen molar-refractivity contribution in [1.29, 1.82) is 0 Å². The molecular formula is C16H18N2O2. The second-order valence-corrected chi connectivity index (χ2v) is 4.59. The molecule has 4 nitrogen and oxygen atoms in total. The Bertz CT molecular complexity index is 555. The number of carboxylic acid groups (broad SMARTS) is 1. The Balaban J connectivity index is 1.97. The average Bonchev–Trinajstić information content (AvgIpc) is 2.48. The molecule has 0 saturated carbocycles. The van der Waals surface area contributed by atoms with Crippen LogP contribution in [0.2, 0.25) is 0 Å². The van der Waals surface area contributed by atoms with Gasteiger partial charge in [-0.25, -0.2) is 4.79 Å². The van der Waals surface area contributed by atoms with Crippen molar-refractivity contribution < 1.29 is 9.90 Å². The number of amides is 1. The normalized spacial score (nSPS) is 10.2. The van der Waals surface area contributed by atoms with Crippen LogP contribution in [0, 0.1) is 0 Å². The predicted octanol–water partition coefficient (Wildman–Crippen LogP) is 3.34. The highest BCUT2D eigenvalue weighted by Gasteiger charge is 2.04. The lowest BCUT2D eigenvalue weighted by molar-refractivity contribution is 0.194. The molecule has 1 aromatic heterocycles. The molecule has 0 aliphatic rings. The highest BCUT2D eigenvalue weighted by Crippen LogP contribution is 2.23. The van der Waals surface area contributed by atoms with Crippen LogP contribution in [-0.4, -0.2) is 22.7 Å². The van der Waals surface area contributed by atoms with Crippen molar-refractivity contribution in [2.75, 3.05) is 6.54 Å². The van der Waals surface area contributed by atoms with E-state index in [0.29, 0.717) is 6.54 Å². The van der Waals surface area contributed by atoms with Gasteiger partial charge in [-0.05, 0) is 36.5 Å². The molecule has 20 heavy (non-hydrogen) atoms. The summed E-state index contributed by atoms with van der Waals surface area (Å²) in [6.07, 6.45) is 5.41. The van der Waals surface area contributed by atoms with E-state index in [1.54, 1.807) is 6.20 Å². The van der Waals surface area contributed by atoms with Crippen LogP contribution >= 0.6 is 0 Å². The van der Waals surface area contributed by atoms with E-state index in [0.717, 1.165) is 24.8 Å². The van der Waals surface area contributed by atoms with E-state index in [9.17, 15) is 4.79 Å². The van der Waals surface area contributed by atoms with E-state index in [2.05, 4.69) is 28.5 Å². The van der Waals surface area contributed by atoms with Crippen LogP contribution in [0.4, 0.5) is 4.79 Å². The highest BCUT2D eigenvalue weighted by molar-refractivity contribution is 5.66. The molecule has 0 atom stereocenters. The average molecular weight is 270 g/mol. The van der Waals surface area contributed by atoms with Crippen LogP contribution in [0.25, 0.3) is 11.1 Å². The number of benzene rings is 1. The van der Waals surface area contributed by atoms with E-state index in [1.165, 1.54) is 11.1 Å². The molecule has 0 spiro atoms. The third kappa shape index (κ3) is 4.09. The van der Waals surface area contributed by atoms with Gasteiger partial charge in [-0.1, -0.05) is 30.3 Å². The van der Waals surface area contributed by atoms with Crippen molar-refractivity contribution in [3.8, 4) is 11.1 Å². The van der Waals surface area contributed by atoms with Gasteiger partial charge >= 0.3 is 6.09 Å². The molecule has 0 aliphatic carbocycles. The van der Waals surface area contributed by atoms with E-state index in [4.69, 9.17) is 5.11 Å². The fraction of sp³-hybridized carbons (Fsp3) is 0.250. The molecular weight excluding hydrogens is 252 g/mol. The Morgan fingerprint density at radius 3 is 2.75 bits per heavy atom. The van der Waals surface area contributed by atoms with Crippen molar-refractivity contribution in [2.45, 2.75) is 19.3 Å². The summed E-state index contributed by atoms with van der Waals surface area (Å²) in [5, 5.41) is 10.9. The number of aryl methyl sites for hydroxylation is 1. The maximum absolute atomic E-state index is 10.4. The van der Waals surface area contributed by atoms with E-state index in [-0.39, 0.29) is 0 Å². The zero-order chi connectivity index (χ0) is 14.2. The van der Waals surface area contributed by atoms with Crippen molar-refractivity contribution in [1.82, 2.24) is 10.3 Å². The zero-order valence-corrected chi connectivity index (χ0v) is 11.2. The SMILES string of the molecule is O=C(O)NCCCCc1ccccc1-c1cccnc1. The molecule has 4 heteroatoms. The number of nitrogens with one attached hydrogen (secondary N) is 1. The van der Waals surface area contributed by atoms with Crippen LogP contribution in [0.3, 0.4) is 0 Å². The standard InChI is InChI=1S/C16H18N2O2/c19-16(20)18-11-4-3-7-13-6-1-2-9-15(13)14-8-5-10-17-12-14/h1-2,5-6,8-10,12,18H,3-4,7,11H2,(H,19,20). The molecule has 0 radical (unpaired) electrons. The molecule has 0 bridgehead atoms. The number of pyridine rings is 1. The lowest BCUT2D eigenvalue weighted by atomic mass is 9.97. The first kappa shape index (κ1) is 14.1. The second kappa shape index (κ2) is 7.28. The summed E-state index contributed by atoms with van der Waals surface area (Å²) in [6, 6.07) is 12.3. The monoisotopic (exact) mass is 270 g/mol. The van der Waals surface area contributed by atoms with E-state index >= 15 is 0 Å². The summed E-state index contributed by atoms with van der Waals surface area (Å²) < 4.78 is 0. The lowest BCUT2D eigenvalue weighted by Gasteiger charge is -2.09. The number of aromatic nitrogens is 1. The Morgan fingerprint density at radius 2 is 2.00 bits per heavy atom. The smallest absolute Gasteiger partial charge is 0.404 e. The highest BCUT2D eigenvalue weighted by atomic mass is 16.4. The molecule has 2 N–H and O–H groups in total. The first-order valence-corrected chi connectivity index (χ1v) is 6.72. The van der Waals surface area contributed by atoms with Crippen molar-refractivity contribution >= 4 is 6.09 Å². The quantitative estimate of drug-likeness (QED) is 0.791. The summed E-state index contributed by atoms with van der Waals surface area (Å²) in [6.45, 7) is 0.504. The summed E-state index contributed by atoms with van der Waals surface area (Å²) in [7, 11) is 0. The van der Waals surface area contributed by atoms with Gasteiger partial charge < -0.3 is 10.4 Å². The van der Waals surface area contributed by atoms with Gasteiger partial charge in [0.25, 0.3) is 0 Å². The van der Waals surface area contributed by atoms with Crippen molar-refractivity contribution in [3.05, 3.63) is 54.4 Å². The summed E-state index contributed by atoms with van der Waals surface area (Å²) in [4.78, 5) is 14.5. The van der Waals surface area contributed by atoms with Gasteiger partial charge in [0.1, 0.15) is 0 Å². The van der Waals surface area contributed by atoms with Crippen molar-refractivity contribution in [3.63, 3.8) is 0 Å². The summed E-state index contributed by atoms with van der Waals surface area (Å²) in [5.74, 6) is 0. The molecule has 1 amide bonds. The van der Waals surface area contributed by atoms with Gasteiger partial charge in [0.05, 0.1) is 0 Å². The van der Waals surface area contributed by atoms with Crippen LogP contribution in [0.15, 0.2) is 48.8 Å². The molecule has 1 aromatic carbocycles. The Labute approximate surface area is 118 Å². The molecule has 104 valence electrons.